The van der Waals surface area contributed by atoms with Gasteiger partial charge in [-0.1, -0.05) is 12.1 Å². The zero-order valence-corrected chi connectivity index (χ0v) is 24.4. The minimum atomic E-state index is -4.55. The average Bonchev–Trinajstić information content (AvgIpc) is 3.02. The SMILES string of the molecule is CCN(CCOc1ccc(O[P+]([O-])(O)OCc2ccccc2[N+](=O)[O-])cc1)c1ccc(N=Nc2ccc([N+](=O)[O-])cc2)cc1. The standard InChI is InChI=1S/C29H28N5O9P/c1-2-32(25-11-7-23(8-12-25)30-31-24-9-13-26(14-10-24)33(35)36)19-20-41-27-15-17-28(18-16-27)43-44(39,40)42-21-22-5-3-4-6-29(22)34(37)38/h3-18H,2,19-21H2,1H3,(H,39,40). The summed E-state index contributed by atoms with van der Waals surface area (Å²) in [4.78, 5) is 45.3. The molecule has 0 aliphatic carbocycles. The second-order valence-corrected chi connectivity index (χ2v) is 10.5. The van der Waals surface area contributed by atoms with Crippen molar-refractivity contribution in [2.75, 3.05) is 24.6 Å². The molecule has 0 saturated heterocycles. The number of hydrogen-bond donors (Lipinski definition) is 1. The summed E-state index contributed by atoms with van der Waals surface area (Å²) in [6, 6.07) is 25.1. The molecule has 0 aromatic heterocycles. The van der Waals surface area contributed by atoms with Gasteiger partial charge in [0.15, 0.2) is 5.75 Å². The highest BCUT2D eigenvalue weighted by Crippen LogP contribution is 2.49. The quantitative estimate of drug-likeness (QED) is 0.0669. The summed E-state index contributed by atoms with van der Waals surface area (Å²) >= 11 is 0. The van der Waals surface area contributed by atoms with Gasteiger partial charge in [0.05, 0.1) is 33.3 Å². The highest BCUT2D eigenvalue weighted by Gasteiger charge is 2.30. The molecular formula is C29H28N5O9P. The number of para-hydroxylation sites is 1. The summed E-state index contributed by atoms with van der Waals surface area (Å²) < 4.78 is 15.9. The maximum Gasteiger partial charge on any atom is 0.426 e. The molecule has 1 atom stereocenters. The highest BCUT2D eigenvalue weighted by molar-refractivity contribution is 7.53. The largest absolute Gasteiger partial charge is 0.598 e. The fourth-order valence-corrected chi connectivity index (χ4v) is 4.69. The molecule has 44 heavy (non-hydrogen) atoms. The minimum Gasteiger partial charge on any atom is -0.598 e. The Kier molecular flexibility index (Phi) is 10.8. The number of phosphoric acid groups is 1. The van der Waals surface area contributed by atoms with Crippen molar-refractivity contribution in [1.29, 1.82) is 0 Å². The first-order chi connectivity index (χ1) is 21.1. The number of benzene rings is 4. The molecule has 0 fully saturated rings. The lowest BCUT2D eigenvalue weighted by Gasteiger charge is -2.23. The molecule has 4 aromatic carbocycles. The number of phosphoric ester groups is 1. The Hall–Kier alpha value is -5.01. The van der Waals surface area contributed by atoms with Crippen LogP contribution in [-0.4, -0.2) is 34.4 Å². The lowest BCUT2D eigenvalue weighted by Crippen LogP contribution is -2.27. The van der Waals surface area contributed by atoms with Crippen molar-refractivity contribution >= 4 is 36.6 Å². The van der Waals surface area contributed by atoms with Crippen LogP contribution >= 0.6 is 8.17 Å². The number of ether oxygens (including phenoxy) is 1. The van der Waals surface area contributed by atoms with Gasteiger partial charge in [-0.05, 0) is 73.7 Å². The molecule has 14 nitrogen and oxygen atoms in total. The van der Waals surface area contributed by atoms with Gasteiger partial charge < -0.3 is 14.5 Å². The van der Waals surface area contributed by atoms with E-state index in [-0.39, 0.29) is 22.7 Å². The molecular weight excluding hydrogens is 593 g/mol. The Balaban J connectivity index is 1.24. The zero-order chi connectivity index (χ0) is 31.5. The zero-order valence-electron chi connectivity index (χ0n) is 23.5. The molecule has 0 radical (unpaired) electrons. The van der Waals surface area contributed by atoms with Crippen LogP contribution in [0.25, 0.3) is 0 Å². The van der Waals surface area contributed by atoms with Crippen molar-refractivity contribution in [2.24, 2.45) is 10.2 Å². The van der Waals surface area contributed by atoms with Crippen LogP contribution < -0.4 is 19.1 Å². The van der Waals surface area contributed by atoms with Gasteiger partial charge >= 0.3 is 8.17 Å². The second kappa shape index (κ2) is 14.9. The maximum atomic E-state index is 12.4. The molecule has 15 heteroatoms. The number of anilines is 1. The van der Waals surface area contributed by atoms with Crippen molar-refractivity contribution in [1.82, 2.24) is 0 Å². The Labute approximate surface area is 252 Å². The monoisotopic (exact) mass is 621 g/mol. The third-order valence-corrected chi connectivity index (χ3v) is 7.08. The number of nitro benzene ring substituents is 2. The Morgan fingerprint density at radius 3 is 2.00 bits per heavy atom. The first-order valence-electron chi connectivity index (χ1n) is 13.3. The summed E-state index contributed by atoms with van der Waals surface area (Å²) in [5.41, 5.74) is 1.98. The Bertz CT molecular complexity index is 1580. The van der Waals surface area contributed by atoms with Crippen molar-refractivity contribution in [2.45, 2.75) is 13.5 Å². The molecule has 0 bridgehead atoms. The molecule has 1 unspecified atom stereocenters. The molecule has 0 saturated carbocycles. The number of rotatable bonds is 15. The first-order valence-corrected chi connectivity index (χ1v) is 14.8. The van der Waals surface area contributed by atoms with Crippen LogP contribution in [0.1, 0.15) is 12.5 Å². The van der Waals surface area contributed by atoms with Gasteiger partial charge in [0.2, 0.25) is 0 Å². The van der Waals surface area contributed by atoms with E-state index < -0.39 is 24.6 Å². The number of nitro groups is 2. The molecule has 0 heterocycles. The van der Waals surface area contributed by atoms with Gasteiger partial charge in [-0.15, -0.1) is 0 Å². The minimum absolute atomic E-state index is 0.0144. The smallest absolute Gasteiger partial charge is 0.426 e. The van der Waals surface area contributed by atoms with Crippen molar-refractivity contribution in [3.8, 4) is 11.5 Å². The molecule has 1 N–H and O–H groups in total. The van der Waals surface area contributed by atoms with E-state index in [2.05, 4.69) is 15.1 Å². The number of likely N-dealkylation sites (N-methyl/N-ethyl adjacent to an activating group) is 1. The predicted octanol–water partition coefficient (Wildman–Crippen LogP) is 6.45. The van der Waals surface area contributed by atoms with Gasteiger partial charge in [0.25, 0.3) is 11.4 Å². The van der Waals surface area contributed by atoms with Crippen molar-refractivity contribution < 1.29 is 33.4 Å². The molecule has 0 aliphatic heterocycles. The normalized spacial score (nSPS) is 12.4. The molecule has 0 spiro atoms. The highest BCUT2D eigenvalue weighted by atomic mass is 31.2. The lowest BCUT2D eigenvalue weighted by molar-refractivity contribution is -0.385. The fourth-order valence-electron chi connectivity index (χ4n) is 3.95. The second-order valence-electron chi connectivity index (χ2n) is 9.11. The van der Waals surface area contributed by atoms with E-state index in [1.807, 2.05) is 31.2 Å². The van der Waals surface area contributed by atoms with Crippen LogP contribution in [0, 0.1) is 20.2 Å². The predicted molar refractivity (Wildman–Crippen MR) is 161 cm³/mol. The third kappa shape index (κ3) is 9.24. The van der Waals surface area contributed by atoms with E-state index in [4.69, 9.17) is 13.8 Å². The maximum absolute atomic E-state index is 12.4. The van der Waals surface area contributed by atoms with Crippen LogP contribution in [0.3, 0.4) is 0 Å². The van der Waals surface area contributed by atoms with Gasteiger partial charge in [-0.3, -0.25) is 24.8 Å². The van der Waals surface area contributed by atoms with E-state index in [1.165, 1.54) is 54.6 Å². The number of nitrogens with zero attached hydrogens (tertiary/aromatic N) is 5. The van der Waals surface area contributed by atoms with E-state index in [0.29, 0.717) is 30.3 Å². The fraction of sp³-hybridized carbons (Fsp3) is 0.172. The lowest BCUT2D eigenvalue weighted by atomic mass is 10.2. The van der Waals surface area contributed by atoms with Crippen LogP contribution in [0.15, 0.2) is 107 Å². The van der Waals surface area contributed by atoms with Gasteiger partial charge in [-0.25, -0.2) is 0 Å². The van der Waals surface area contributed by atoms with Crippen LogP contribution in [0.4, 0.5) is 28.4 Å². The molecule has 0 amide bonds. The summed E-state index contributed by atoms with van der Waals surface area (Å²) in [5, 5.41) is 30.2. The van der Waals surface area contributed by atoms with E-state index in [1.54, 1.807) is 18.2 Å². The molecule has 228 valence electrons. The van der Waals surface area contributed by atoms with Gasteiger partial charge in [-0.2, -0.15) is 19.6 Å². The summed E-state index contributed by atoms with van der Waals surface area (Å²) in [5.74, 6) is 0.579. The Morgan fingerprint density at radius 1 is 0.818 bits per heavy atom. The topological polar surface area (TPSA) is 185 Å². The molecule has 0 aliphatic rings. The average molecular weight is 622 g/mol. The van der Waals surface area contributed by atoms with E-state index in [0.717, 1.165) is 12.2 Å². The number of hydrogen-bond acceptors (Lipinski definition) is 12. The number of non-ortho nitro benzene ring substituents is 1. The summed E-state index contributed by atoms with van der Waals surface area (Å²) in [7, 11) is -4.55. The van der Waals surface area contributed by atoms with Crippen molar-refractivity contribution in [3.05, 3.63) is 123 Å². The van der Waals surface area contributed by atoms with Gasteiger partial charge in [0, 0.05) is 30.4 Å². The van der Waals surface area contributed by atoms with Gasteiger partial charge in [0.1, 0.15) is 19.0 Å². The summed E-state index contributed by atoms with van der Waals surface area (Å²) in [6.45, 7) is 3.18. The van der Waals surface area contributed by atoms with Crippen molar-refractivity contribution in [3.63, 3.8) is 0 Å². The Morgan fingerprint density at radius 2 is 1.41 bits per heavy atom. The van der Waals surface area contributed by atoms with E-state index in [9.17, 15) is 30.0 Å². The molecule has 4 aromatic rings. The molecule has 4 rings (SSSR count). The van der Waals surface area contributed by atoms with Crippen LogP contribution in [0.5, 0.6) is 11.5 Å². The van der Waals surface area contributed by atoms with Crippen LogP contribution in [-0.2, 0) is 11.1 Å². The van der Waals surface area contributed by atoms with Crippen LogP contribution in [0.2, 0.25) is 0 Å². The summed E-state index contributed by atoms with van der Waals surface area (Å²) in [6.07, 6.45) is 0. The van der Waals surface area contributed by atoms with E-state index >= 15 is 0 Å². The number of azo groups is 1. The first kappa shape index (κ1) is 31.9. The third-order valence-electron chi connectivity index (χ3n) is 6.18.